The second kappa shape index (κ2) is 9.62. The molecule has 0 atom stereocenters. The zero-order chi connectivity index (χ0) is 25.4. The van der Waals surface area contributed by atoms with Gasteiger partial charge in [-0.15, -0.1) is 0 Å². The fraction of sp³-hybridized carbons (Fsp3) is 0.160. The second-order valence-corrected chi connectivity index (χ2v) is 11.8. The number of nitrogens with zero attached hydrogens (tertiary/aromatic N) is 4. The minimum absolute atomic E-state index is 0.0797. The normalized spacial score (nSPS) is 12.0. The van der Waals surface area contributed by atoms with Crippen molar-refractivity contribution in [3.05, 3.63) is 98.4 Å². The molecule has 2 heterocycles. The summed E-state index contributed by atoms with van der Waals surface area (Å²) < 4.78 is 35.2. The van der Waals surface area contributed by atoms with E-state index in [0.717, 1.165) is 32.3 Å². The van der Waals surface area contributed by atoms with Crippen LogP contribution in [0, 0.1) is 6.92 Å². The average molecular weight is 541 g/mol. The van der Waals surface area contributed by atoms with Gasteiger partial charge in [0.05, 0.1) is 28.2 Å². The first kappa shape index (κ1) is 24.4. The first-order valence-corrected chi connectivity index (χ1v) is 13.6. The quantitative estimate of drug-likeness (QED) is 0.290. The summed E-state index contributed by atoms with van der Waals surface area (Å²) in [6.45, 7) is 2.21. The smallest absolute Gasteiger partial charge is 0.308 e. The predicted octanol–water partition coefficient (Wildman–Crippen LogP) is 4.94. The van der Waals surface area contributed by atoms with Crippen molar-refractivity contribution in [2.45, 2.75) is 24.9 Å². The van der Waals surface area contributed by atoms with E-state index in [1.54, 1.807) is 22.8 Å². The molecule has 0 N–H and O–H groups in total. The average Bonchev–Trinajstić information content (AvgIpc) is 3.44. The largest absolute Gasteiger partial charge is 0.338 e. The van der Waals surface area contributed by atoms with Crippen molar-refractivity contribution in [2.24, 2.45) is 0 Å². The highest BCUT2D eigenvalue weighted by molar-refractivity contribution is 7.89. The number of halogens is 1. The Kier molecular flexibility index (Phi) is 6.52. The Morgan fingerprint density at radius 1 is 1.08 bits per heavy atom. The van der Waals surface area contributed by atoms with E-state index in [1.807, 2.05) is 43.3 Å². The summed E-state index contributed by atoms with van der Waals surface area (Å²) in [6.07, 6.45) is 0. The number of benzene rings is 3. The van der Waals surface area contributed by atoms with E-state index in [-0.39, 0.29) is 22.2 Å². The molecule has 0 amide bonds. The molecule has 8 nitrogen and oxygen atoms in total. The van der Waals surface area contributed by atoms with Crippen LogP contribution in [0.5, 0.6) is 0 Å². The van der Waals surface area contributed by atoms with Gasteiger partial charge in [0.15, 0.2) is 0 Å². The number of thiazole rings is 1. The van der Waals surface area contributed by atoms with Crippen LogP contribution >= 0.6 is 22.9 Å². The summed E-state index contributed by atoms with van der Waals surface area (Å²) in [6, 6.07) is 19.5. The number of aromatic nitrogens is 3. The third-order valence-corrected chi connectivity index (χ3v) is 8.81. The highest BCUT2D eigenvalue weighted by Crippen LogP contribution is 2.26. The lowest BCUT2D eigenvalue weighted by Crippen LogP contribution is -2.26. The Bertz CT molecular complexity index is 1720. The molecule has 36 heavy (non-hydrogen) atoms. The minimum atomic E-state index is -3.87. The number of hydrogen-bond donors (Lipinski definition) is 0. The van der Waals surface area contributed by atoms with Gasteiger partial charge < -0.3 is 4.52 Å². The molecular formula is C25H21ClN4O4S2. The van der Waals surface area contributed by atoms with Gasteiger partial charge in [0, 0.05) is 17.6 Å². The van der Waals surface area contributed by atoms with Gasteiger partial charge in [0.1, 0.15) is 0 Å². The summed E-state index contributed by atoms with van der Waals surface area (Å²) >= 11 is 6.96. The van der Waals surface area contributed by atoms with Gasteiger partial charge >= 0.3 is 4.87 Å². The molecule has 2 aromatic heterocycles. The van der Waals surface area contributed by atoms with Gasteiger partial charge in [-0.25, -0.2) is 8.42 Å². The molecule has 0 aliphatic rings. The standard InChI is InChI=1S/C25H21ClN4O4S2/c1-16-5-3-4-6-20(16)24-27-23(34-28-24)15-29(2)36(32,33)19-11-12-21-22(13-19)35-25(31)30(21)14-17-7-9-18(26)10-8-17/h3-13H,14-15H2,1-2H3. The molecule has 11 heteroatoms. The van der Waals surface area contributed by atoms with Gasteiger partial charge in [-0.2, -0.15) is 9.29 Å². The Labute approximate surface area is 216 Å². The molecule has 0 fully saturated rings. The van der Waals surface area contributed by atoms with Crippen LogP contribution in [0.4, 0.5) is 0 Å². The molecule has 184 valence electrons. The monoisotopic (exact) mass is 540 g/mol. The Balaban J connectivity index is 1.39. The first-order valence-electron chi connectivity index (χ1n) is 10.9. The van der Waals surface area contributed by atoms with Gasteiger partial charge in [-0.05, 0) is 48.4 Å². The fourth-order valence-electron chi connectivity index (χ4n) is 3.84. The van der Waals surface area contributed by atoms with Gasteiger partial charge in [-0.3, -0.25) is 9.36 Å². The van der Waals surface area contributed by atoms with Crippen LogP contribution in [-0.4, -0.2) is 34.5 Å². The van der Waals surface area contributed by atoms with Crippen LogP contribution in [0.2, 0.25) is 5.02 Å². The molecule has 5 rings (SSSR count). The van der Waals surface area contributed by atoms with Crippen LogP contribution in [0.25, 0.3) is 21.6 Å². The molecule has 0 bridgehead atoms. The van der Waals surface area contributed by atoms with E-state index in [0.29, 0.717) is 27.6 Å². The SMILES string of the molecule is Cc1ccccc1-c1noc(CN(C)S(=O)(=O)c2ccc3c(c2)sc(=O)n3Cc2ccc(Cl)cc2)n1. The van der Waals surface area contributed by atoms with Crippen LogP contribution in [0.1, 0.15) is 17.0 Å². The van der Waals surface area contributed by atoms with Crippen molar-refractivity contribution in [1.29, 1.82) is 0 Å². The molecule has 0 saturated carbocycles. The van der Waals surface area contributed by atoms with Crippen LogP contribution in [-0.2, 0) is 23.1 Å². The van der Waals surface area contributed by atoms with Gasteiger partial charge in [0.25, 0.3) is 0 Å². The molecule has 0 unspecified atom stereocenters. The van der Waals surface area contributed by atoms with E-state index in [2.05, 4.69) is 10.1 Å². The zero-order valence-corrected chi connectivity index (χ0v) is 21.8. The minimum Gasteiger partial charge on any atom is -0.338 e. The topological polar surface area (TPSA) is 98.3 Å². The van der Waals surface area contributed by atoms with Crippen LogP contribution in [0.15, 0.2) is 80.9 Å². The Hall–Kier alpha value is -3.31. The highest BCUT2D eigenvalue weighted by atomic mass is 35.5. The number of hydrogen-bond acceptors (Lipinski definition) is 7. The van der Waals surface area contributed by atoms with E-state index in [1.165, 1.54) is 19.2 Å². The van der Waals surface area contributed by atoms with Crippen LogP contribution < -0.4 is 4.87 Å². The lowest BCUT2D eigenvalue weighted by molar-refractivity contribution is 0.337. The number of fused-ring (bicyclic) bond motifs is 1. The van der Waals surface area contributed by atoms with E-state index < -0.39 is 10.0 Å². The fourth-order valence-corrected chi connectivity index (χ4v) is 6.11. The van der Waals surface area contributed by atoms with Crippen molar-refractivity contribution in [3.63, 3.8) is 0 Å². The Morgan fingerprint density at radius 2 is 1.83 bits per heavy atom. The van der Waals surface area contributed by atoms with Gasteiger partial charge in [-0.1, -0.05) is 64.5 Å². The van der Waals surface area contributed by atoms with E-state index in [9.17, 15) is 13.2 Å². The summed E-state index contributed by atoms with van der Waals surface area (Å²) in [7, 11) is -2.42. The number of rotatable bonds is 7. The van der Waals surface area contributed by atoms with Crippen molar-refractivity contribution in [2.75, 3.05) is 7.05 Å². The summed E-state index contributed by atoms with van der Waals surface area (Å²) in [5, 5.41) is 4.61. The van der Waals surface area contributed by atoms with Crippen molar-refractivity contribution >= 4 is 43.2 Å². The molecule has 0 saturated heterocycles. The molecule has 0 radical (unpaired) electrons. The summed E-state index contributed by atoms with van der Waals surface area (Å²) in [5.41, 5.74) is 3.39. The third kappa shape index (κ3) is 4.72. The molecular weight excluding hydrogens is 520 g/mol. The maximum Gasteiger partial charge on any atom is 0.308 e. The zero-order valence-electron chi connectivity index (χ0n) is 19.4. The molecule has 3 aromatic carbocycles. The van der Waals surface area contributed by atoms with Crippen molar-refractivity contribution in [1.82, 2.24) is 19.0 Å². The lowest BCUT2D eigenvalue weighted by atomic mass is 10.1. The molecule has 0 aliphatic carbocycles. The maximum atomic E-state index is 13.3. The second-order valence-electron chi connectivity index (χ2n) is 8.30. The highest BCUT2D eigenvalue weighted by Gasteiger charge is 2.24. The summed E-state index contributed by atoms with van der Waals surface area (Å²) in [5.74, 6) is 0.585. The Morgan fingerprint density at radius 3 is 2.58 bits per heavy atom. The molecule has 0 aliphatic heterocycles. The van der Waals surface area contributed by atoms with Gasteiger partial charge in [0.2, 0.25) is 21.7 Å². The third-order valence-electron chi connectivity index (χ3n) is 5.81. The predicted molar refractivity (Wildman–Crippen MR) is 140 cm³/mol. The lowest BCUT2D eigenvalue weighted by Gasteiger charge is -2.15. The summed E-state index contributed by atoms with van der Waals surface area (Å²) in [4.78, 5) is 16.9. The van der Waals surface area contributed by atoms with E-state index in [4.69, 9.17) is 16.1 Å². The molecule has 5 aromatic rings. The van der Waals surface area contributed by atoms with Crippen molar-refractivity contribution in [3.8, 4) is 11.4 Å². The number of sulfonamides is 1. The first-order chi connectivity index (χ1) is 17.2. The van der Waals surface area contributed by atoms with E-state index >= 15 is 0 Å². The maximum absolute atomic E-state index is 13.3. The molecule has 0 spiro atoms. The van der Waals surface area contributed by atoms with Crippen molar-refractivity contribution < 1.29 is 12.9 Å². The van der Waals surface area contributed by atoms with Crippen LogP contribution in [0.3, 0.4) is 0 Å². The number of aryl methyl sites for hydroxylation is 1.